The Labute approximate surface area is 115 Å². The van der Waals surface area contributed by atoms with Gasteiger partial charge in [0.25, 0.3) is 0 Å². The summed E-state index contributed by atoms with van der Waals surface area (Å²) in [6, 6.07) is 3.86. The van der Waals surface area contributed by atoms with Gasteiger partial charge in [-0.05, 0) is 31.4 Å². The van der Waals surface area contributed by atoms with E-state index in [9.17, 15) is 5.11 Å². The largest absolute Gasteiger partial charge is 0.506 e. The van der Waals surface area contributed by atoms with Gasteiger partial charge in [-0.3, -0.25) is 9.88 Å². The zero-order valence-corrected chi connectivity index (χ0v) is 11.8. The minimum absolute atomic E-state index is 0. The molecule has 0 amide bonds. The normalized spacial score (nSPS) is 24.6. The van der Waals surface area contributed by atoms with Gasteiger partial charge in [-0.15, -0.1) is 12.4 Å². The Bertz CT molecular complexity index is 400. The smallest absolute Gasteiger partial charge is 0.138 e. The molecule has 1 aromatic rings. The van der Waals surface area contributed by atoms with Crippen molar-refractivity contribution in [1.29, 1.82) is 0 Å². The molecule has 3 N–H and O–H groups in total. The van der Waals surface area contributed by atoms with Crippen LogP contribution in [0.2, 0.25) is 0 Å². The fourth-order valence-electron chi connectivity index (χ4n) is 2.33. The molecule has 2 rings (SSSR count). The van der Waals surface area contributed by atoms with E-state index in [1.165, 1.54) is 0 Å². The van der Waals surface area contributed by atoms with E-state index >= 15 is 0 Å². The second-order valence-corrected chi connectivity index (χ2v) is 5.08. The number of nitrogens with two attached hydrogens (primary N) is 1. The number of aromatic nitrogens is 1. The molecule has 2 unspecified atom stereocenters. The monoisotopic (exact) mass is 271 g/mol. The SMILES string of the molecule is Cc1ccc(O)c(CN2CCC(N)C(C)C2)n1.Cl. The van der Waals surface area contributed by atoms with Crippen molar-refractivity contribution < 1.29 is 5.11 Å². The Morgan fingerprint density at radius 1 is 1.50 bits per heavy atom. The van der Waals surface area contributed by atoms with Crippen LogP contribution in [0, 0.1) is 12.8 Å². The van der Waals surface area contributed by atoms with Gasteiger partial charge in [0.1, 0.15) is 5.75 Å². The fraction of sp³-hybridized carbons (Fsp3) is 0.615. The van der Waals surface area contributed by atoms with Crippen molar-refractivity contribution in [2.45, 2.75) is 32.9 Å². The molecule has 4 nitrogen and oxygen atoms in total. The van der Waals surface area contributed by atoms with Gasteiger partial charge in [0.2, 0.25) is 0 Å². The minimum atomic E-state index is 0. The number of halogens is 1. The molecule has 0 aromatic carbocycles. The first-order chi connectivity index (χ1) is 8.06. The average Bonchev–Trinajstić information content (AvgIpc) is 2.29. The third-order valence-corrected chi connectivity index (χ3v) is 3.52. The summed E-state index contributed by atoms with van der Waals surface area (Å²) in [5, 5.41) is 9.77. The Hall–Kier alpha value is -0.840. The van der Waals surface area contributed by atoms with E-state index in [0.29, 0.717) is 18.5 Å². The van der Waals surface area contributed by atoms with Gasteiger partial charge in [-0.25, -0.2) is 0 Å². The van der Waals surface area contributed by atoms with Crippen LogP contribution in [0.5, 0.6) is 5.75 Å². The summed E-state index contributed by atoms with van der Waals surface area (Å²) in [5.41, 5.74) is 7.71. The predicted octanol–water partition coefficient (Wildman–Crippen LogP) is 1.69. The summed E-state index contributed by atoms with van der Waals surface area (Å²) in [7, 11) is 0. The lowest BCUT2D eigenvalue weighted by molar-refractivity contribution is 0.155. The summed E-state index contributed by atoms with van der Waals surface area (Å²) < 4.78 is 0. The third kappa shape index (κ3) is 3.57. The first-order valence-corrected chi connectivity index (χ1v) is 6.19. The van der Waals surface area contributed by atoms with Crippen LogP contribution in [0.25, 0.3) is 0 Å². The molecule has 102 valence electrons. The molecular formula is C13H22ClN3O. The van der Waals surface area contributed by atoms with Crippen LogP contribution in [-0.2, 0) is 6.54 Å². The number of hydrogen-bond acceptors (Lipinski definition) is 4. The maximum atomic E-state index is 9.77. The van der Waals surface area contributed by atoms with E-state index in [4.69, 9.17) is 5.73 Å². The van der Waals surface area contributed by atoms with Gasteiger partial charge in [0, 0.05) is 31.4 Å². The van der Waals surface area contributed by atoms with Gasteiger partial charge >= 0.3 is 0 Å². The van der Waals surface area contributed by atoms with E-state index in [1.807, 2.05) is 13.0 Å². The van der Waals surface area contributed by atoms with Crippen molar-refractivity contribution in [3.8, 4) is 5.75 Å². The molecule has 1 aromatic heterocycles. The quantitative estimate of drug-likeness (QED) is 0.859. The topological polar surface area (TPSA) is 62.4 Å². The molecule has 1 saturated heterocycles. The third-order valence-electron chi connectivity index (χ3n) is 3.52. The molecule has 1 aliphatic heterocycles. The molecule has 0 spiro atoms. The molecule has 18 heavy (non-hydrogen) atoms. The first kappa shape index (κ1) is 15.2. The zero-order valence-electron chi connectivity index (χ0n) is 11.0. The Morgan fingerprint density at radius 3 is 2.89 bits per heavy atom. The first-order valence-electron chi connectivity index (χ1n) is 6.19. The summed E-state index contributed by atoms with van der Waals surface area (Å²) in [5.74, 6) is 0.800. The Morgan fingerprint density at radius 2 is 2.22 bits per heavy atom. The van der Waals surface area contributed by atoms with Crippen LogP contribution >= 0.6 is 12.4 Å². The summed E-state index contributed by atoms with van der Waals surface area (Å²) in [6.07, 6.45) is 1.02. The Kier molecular flexibility index (Phi) is 5.38. The minimum Gasteiger partial charge on any atom is -0.506 e. The van der Waals surface area contributed by atoms with Gasteiger partial charge < -0.3 is 10.8 Å². The molecule has 0 radical (unpaired) electrons. The number of likely N-dealkylation sites (tertiary alicyclic amines) is 1. The summed E-state index contributed by atoms with van der Waals surface area (Å²) in [6.45, 7) is 6.80. The summed E-state index contributed by atoms with van der Waals surface area (Å²) in [4.78, 5) is 6.70. The van der Waals surface area contributed by atoms with Crippen molar-refractivity contribution in [3.63, 3.8) is 0 Å². The van der Waals surface area contributed by atoms with Crippen LogP contribution in [0.15, 0.2) is 12.1 Å². The molecule has 0 aliphatic carbocycles. The second-order valence-electron chi connectivity index (χ2n) is 5.08. The lowest BCUT2D eigenvalue weighted by atomic mass is 9.95. The van der Waals surface area contributed by atoms with Crippen LogP contribution < -0.4 is 5.73 Å². The standard InChI is InChI=1S/C13H21N3O.ClH/c1-9-7-16(6-5-11(9)14)8-12-13(17)4-3-10(2)15-12;/h3-4,9,11,17H,5-8,14H2,1-2H3;1H. The van der Waals surface area contributed by atoms with Crippen LogP contribution in [0.1, 0.15) is 24.7 Å². The highest BCUT2D eigenvalue weighted by atomic mass is 35.5. The maximum Gasteiger partial charge on any atom is 0.138 e. The van der Waals surface area contributed by atoms with Crippen LogP contribution in [0.4, 0.5) is 0 Å². The van der Waals surface area contributed by atoms with Crippen molar-refractivity contribution >= 4 is 12.4 Å². The number of aryl methyl sites for hydroxylation is 1. The second kappa shape index (κ2) is 6.36. The highest BCUT2D eigenvalue weighted by molar-refractivity contribution is 5.85. The maximum absolute atomic E-state index is 9.77. The van der Waals surface area contributed by atoms with Gasteiger partial charge in [-0.2, -0.15) is 0 Å². The highest BCUT2D eigenvalue weighted by Gasteiger charge is 2.23. The highest BCUT2D eigenvalue weighted by Crippen LogP contribution is 2.21. The molecule has 2 atom stereocenters. The van der Waals surface area contributed by atoms with Gasteiger partial charge in [-0.1, -0.05) is 6.92 Å². The van der Waals surface area contributed by atoms with E-state index in [1.54, 1.807) is 6.07 Å². The van der Waals surface area contributed by atoms with Gasteiger partial charge in [0.05, 0.1) is 5.69 Å². The van der Waals surface area contributed by atoms with Crippen molar-refractivity contribution in [1.82, 2.24) is 9.88 Å². The lowest BCUT2D eigenvalue weighted by Crippen LogP contribution is -2.45. The van der Waals surface area contributed by atoms with E-state index < -0.39 is 0 Å². The number of aromatic hydroxyl groups is 1. The van der Waals surface area contributed by atoms with E-state index in [0.717, 1.165) is 30.9 Å². The zero-order chi connectivity index (χ0) is 12.4. The number of pyridine rings is 1. The lowest BCUT2D eigenvalue weighted by Gasteiger charge is -2.34. The Balaban J connectivity index is 0.00000162. The van der Waals surface area contributed by atoms with Crippen molar-refractivity contribution in [2.75, 3.05) is 13.1 Å². The molecule has 5 heteroatoms. The summed E-state index contributed by atoms with van der Waals surface area (Å²) >= 11 is 0. The van der Waals surface area contributed by atoms with E-state index in [2.05, 4.69) is 16.8 Å². The molecule has 0 saturated carbocycles. The van der Waals surface area contributed by atoms with Crippen LogP contribution in [-0.4, -0.2) is 34.1 Å². The average molecular weight is 272 g/mol. The molecule has 1 aliphatic rings. The predicted molar refractivity (Wildman–Crippen MR) is 74.9 cm³/mol. The van der Waals surface area contributed by atoms with E-state index in [-0.39, 0.29) is 18.2 Å². The molecular weight excluding hydrogens is 250 g/mol. The molecule has 2 heterocycles. The molecule has 0 bridgehead atoms. The van der Waals surface area contributed by atoms with Gasteiger partial charge in [0.15, 0.2) is 0 Å². The number of hydrogen-bond donors (Lipinski definition) is 2. The van der Waals surface area contributed by atoms with Crippen LogP contribution in [0.3, 0.4) is 0 Å². The van der Waals surface area contributed by atoms with Crippen molar-refractivity contribution in [2.24, 2.45) is 11.7 Å². The van der Waals surface area contributed by atoms with Crippen molar-refractivity contribution in [3.05, 3.63) is 23.5 Å². The molecule has 1 fully saturated rings. The number of piperidine rings is 1. The number of rotatable bonds is 2. The fourth-order valence-corrected chi connectivity index (χ4v) is 2.33. The number of nitrogens with zero attached hydrogens (tertiary/aromatic N) is 2.